The maximum Gasteiger partial charge on any atom is 0.226 e. The number of methoxy groups -OCH3 is 1. The highest BCUT2D eigenvalue weighted by atomic mass is 16.5. The number of aryl methyl sites for hydroxylation is 1. The van der Waals surface area contributed by atoms with E-state index >= 15 is 0 Å². The highest BCUT2D eigenvalue weighted by Gasteiger charge is 2.06. The molecule has 0 aliphatic carbocycles. The lowest BCUT2D eigenvalue weighted by Gasteiger charge is -2.13. The minimum atomic E-state index is 0.266. The first-order chi connectivity index (χ1) is 8.78. The molecular formula is C13H17N3O2. The first kappa shape index (κ1) is 12.4. The van der Waals surface area contributed by atoms with Crippen molar-refractivity contribution in [3.8, 4) is 5.88 Å². The number of furan rings is 1. The van der Waals surface area contributed by atoms with Gasteiger partial charge in [-0.2, -0.15) is 4.98 Å². The van der Waals surface area contributed by atoms with Crippen molar-refractivity contribution in [1.29, 1.82) is 0 Å². The van der Waals surface area contributed by atoms with E-state index in [4.69, 9.17) is 9.15 Å². The van der Waals surface area contributed by atoms with Crippen LogP contribution >= 0.6 is 0 Å². The number of rotatable bonds is 6. The van der Waals surface area contributed by atoms with Crippen molar-refractivity contribution in [2.24, 2.45) is 0 Å². The minimum absolute atomic E-state index is 0.266. The van der Waals surface area contributed by atoms with E-state index < -0.39 is 0 Å². The van der Waals surface area contributed by atoms with E-state index in [1.807, 2.05) is 12.1 Å². The van der Waals surface area contributed by atoms with Gasteiger partial charge in [-0.1, -0.05) is 0 Å². The second-order valence-electron chi connectivity index (χ2n) is 4.09. The van der Waals surface area contributed by atoms with Crippen LogP contribution in [0.1, 0.15) is 19.1 Å². The van der Waals surface area contributed by atoms with Gasteiger partial charge in [0.05, 0.1) is 13.4 Å². The fraction of sp³-hybridized carbons (Fsp3) is 0.385. The Hall–Kier alpha value is -2.04. The van der Waals surface area contributed by atoms with Crippen molar-refractivity contribution in [2.75, 3.05) is 12.4 Å². The van der Waals surface area contributed by atoms with Crippen LogP contribution in [-0.2, 0) is 6.42 Å². The monoisotopic (exact) mass is 247 g/mol. The molecule has 2 rings (SSSR count). The molecule has 5 heteroatoms. The van der Waals surface area contributed by atoms with E-state index in [1.165, 1.54) is 0 Å². The molecule has 0 amide bonds. The van der Waals surface area contributed by atoms with Gasteiger partial charge in [-0.05, 0) is 25.5 Å². The van der Waals surface area contributed by atoms with E-state index in [2.05, 4.69) is 22.2 Å². The Kier molecular flexibility index (Phi) is 4.17. The molecule has 0 bridgehead atoms. The number of hydrogen-bond acceptors (Lipinski definition) is 5. The van der Waals surface area contributed by atoms with Gasteiger partial charge in [0.2, 0.25) is 11.8 Å². The quantitative estimate of drug-likeness (QED) is 0.849. The Morgan fingerprint density at radius 3 is 3.06 bits per heavy atom. The smallest absolute Gasteiger partial charge is 0.226 e. The molecule has 1 unspecified atom stereocenters. The van der Waals surface area contributed by atoms with Crippen molar-refractivity contribution in [2.45, 2.75) is 25.8 Å². The Morgan fingerprint density at radius 1 is 1.44 bits per heavy atom. The molecule has 2 heterocycles. The molecule has 0 fully saturated rings. The van der Waals surface area contributed by atoms with Crippen LogP contribution in [0.5, 0.6) is 5.88 Å². The molecular weight excluding hydrogens is 230 g/mol. The van der Waals surface area contributed by atoms with Gasteiger partial charge in [-0.15, -0.1) is 0 Å². The summed E-state index contributed by atoms with van der Waals surface area (Å²) in [5, 5.41) is 3.24. The Labute approximate surface area is 106 Å². The molecule has 2 aromatic heterocycles. The minimum Gasteiger partial charge on any atom is -0.481 e. The van der Waals surface area contributed by atoms with Crippen molar-refractivity contribution >= 4 is 5.95 Å². The summed E-state index contributed by atoms with van der Waals surface area (Å²) < 4.78 is 10.3. The Bertz CT molecular complexity index is 471. The number of nitrogens with one attached hydrogen (secondary N) is 1. The second-order valence-corrected chi connectivity index (χ2v) is 4.09. The Balaban J connectivity index is 1.84. The van der Waals surface area contributed by atoms with E-state index in [0.29, 0.717) is 11.8 Å². The third-order valence-electron chi connectivity index (χ3n) is 2.62. The molecule has 2 aromatic rings. The maximum absolute atomic E-state index is 5.29. The summed E-state index contributed by atoms with van der Waals surface area (Å²) in [7, 11) is 1.59. The number of ether oxygens (including phenoxy) is 1. The fourth-order valence-electron chi connectivity index (χ4n) is 1.63. The normalized spacial score (nSPS) is 12.1. The topological polar surface area (TPSA) is 60.2 Å². The van der Waals surface area contributed by atoms with Crippen molar-refractivity contribution in [1.82, 2.24) is 9.97 Å². The Morgan fingerprint density at radius 2 is 2.33 bits per heavy atom. The van der Waals surface area contributed by atoms with Gasteiger partial charge in [0.15, 0.2) is 0 Å². The summed E-state index contributed by atoms with van der Waals surface area (Å²) in [6.45, 7) is 2.09. The molecule has 0 aromatic carbocycles. The van der Waals surface area contributed by atoms with Crippen LogP contribution in [0.2, 0.25) is 0 Å². The first-order valence-corrected chi connectivity index (χ1v) is 5.94. The van der Waals surface area contributed by atoms with Crippen LogP contribution in [0.3, 0.4) is 0 Å². The van der Waals surface area contributed by atoms with Gasteiger partial charge in [0.25, 0.3) is 0 Å². The highest BCUT2D eigenvalue weighted by molar-refractivity contribution is 5.28. The molecule has 0 aliphatic heterocycles. The van der Waals surface area contributed by atoms with Crippen LogP contribution in [0.4, 0.5) is 5.95 Å². The molecule has 96 valence electrons. The molecule has 0 spiro atoms. The molecule has 0 radical (unpaired) electrons. The van der Waals surface area contributed by atoms with Gasteiger partial charge >= 0.3 is 0 Å². The maximum atomic E-state index is 5.29. The predicted octanol–water partition coefficient (Wildman–Crippen LogP) is 2.51. The number of aromatic nitrogens is 2. The van der Waals surface area contributed by atoms with Gasteiger partial charge in [-0.25, -0.2) is 4.98 Å². The largest absolute Gasteiger partial charge is 0.481 e. The van der Waals surface area contributed by atoms with E-state index in [-0.39, 0.29) is 6.04 Å². The van der Waals surface area contributed by atoms with Crippen LogP contribution in [-0.4, -0.2) is 23.1 Å². The average Bonchev–Trinajstić information content (AvgIpc) is 2.90. The molecule has 5 nitrogen and oxygen atoms in total. The standard InChI is InChI=1S/C13H17N3O2/c1-10(5-6-11-4-3-9-18-11)15-13-14-8-7-12(16-13)17-2/h3-4,7-10H,5-6H2,1-2H3,(H,14,15,16). The lowest BCUT2D eigenvalue weighted by Crippen LogP contribution is -2.17. The van der Waals surface area contributed by atoms with Crippen LogP contribution in [0.25, 0.3) is 0 Å². The number of anilines is 1. The fourth-order valence-corrected chi connectivity index (χ4v) is 1.63. The molecule has 18 heavy (non-hydrogen) atoms. The third-order valence-corrected chi connectivity index (χ3v) is 2.62. The lowest BCUT2D eigenvalue weighted by atomic mass is 10.1. The highest BCUT2D eigenvalue weighted by Crippen LogP contribution is 2.11. The van der Waals surface area contributed by atoms with Gasteiger partial charge in [0.1, 0.15) is 5.76 Å². The lowest BCUT2D eigenvalue weighted by molar-refractivity contribution is 0.397. The zero-order valence-electron chi connectivity index (χ0n) is 10.6. The van der Waals surface area contributed by atoms with E-state index in [1.54, 1.807) is 25.6 Å². The molecule has 0 saturated heterocycles. The second kappa shape index (κ2) is 6.05. The molecule has 0 aliphatic rings. The third kappa shape index (κ3) is 3.48. The van der Waals surface area contributed by atoms with Gasteiger partial charge < -0.3 is 14.5 Å². The van der Waals surface area contributed by atoms with Crippen molar-refractivity contribution in [3.63, 3.8) is 0 Å². The van der Waals surface area contributed by atoms with Crippen LogP contribution < -0.4 is 10.1 Å². The van der Waals surface area contributed by atoms with E-state index in [9.17, 15) is 0 Å². The van der Waals surface area contributed by atoms with Crippen molar-refractivity contribution < 1.29 is 9.15 Å². The average molecular weight is 247 g/mol. The van der Waals surface area contributed by atoms with Crippen LogP contribution in [0, 0.1) is 0 Å². The number of hydrogen-bond donors (Lipinski definition) is 1. The first-order valence-electron chi connectivity index (χ1n) is 5.94. The predicted molar refractivity (Wildman–Crippen MR) is 68.7 cm³/mol. The zero-order valence-corrected chi connectivity index (χ0v) is 10.6. The summed E-state index contributed by atoms with van der Waals surface area (Å²) in [5.74, 6) is 2.14. The summed E-state index contributed by atoms with van der Waals surface area (Å²) in [4.78, 5) is 8.35. The van der Waals surface area contributed by atoms with E-state index in [0.717, 1.165) is 18.6 Å². The molecule has 1 atom stereocenters. The summed E-state index contributed by atoms with van der Waals surface area (Å²) >= 11 is 0. The van der Waals surface area contributed by atoms with Gasteiger partial charge in [0, 0.05) is 24.7 Å². The summed E-state index contributed by atoms with van der Waals surface area (Å²) in [5.41, 5.74) is 0. The number of nitrogens with zero attached hydrogens (tertiary/aromatic N) is 2. The van der Waals surface area contributed by atoms with Crippen LogP contribution in [0.15, 0.2) is 35.1 Å². The molecule has 1 N–H and O–H groups in total. The SMILES string of the molecule is COc1ccnc(NC(C)CCc2ccco2)n1. The van der Waals surface area contributed by atoms with Crippen molar-refractivity contribution in [3.05, 3.63) is 36.4 Å². The summed E-state index contributed by atoms with van der Waals surface area (Å²) in [6.07, 6.45) is 5.21. The van der Waals surface area contributed by atoms with Gasteiger partial charge in [-0.3, -0.25) is 0 Å². The molecule has 0 saturated carbocycles. The zero-order chi connectivity index (χ0) is 12.8. The summed E-state index contributed by atoms with van der Waals surface area (Å²) in [6, 6.07) is 5.87.